The number of nitrogens with zero attached hydrogens (tertiary/aromatic N) is 4. The minimum atomic E-state index is -0.355. The van der Waals surface area contributed by atoms with Gasteiger partial charge in [-0.05, 0) is 24.3 Å². The molecule has 1 aromatic heterocycles. The van der Waals surface area contributed by atoms with Crippen molar-refractivity contribution >= 4 is 23.6 Å². The highest BCUT2D eigenvalue weighted by Gasteiger charge is 2.35. The fourth-order valence-electron chi connectivity index (χ4n) is 3.64. The van der Waals surface area contributed by atoms with Crippen molar-refractivity contribution < 1.29 is 19.2 Å². The molecule has 0 spiro atoms. The van der Waals surface area contributed by atoms with Crippen LogP contribution < -0.4 is 0 Å². The summed E-state index contributed by atoms with van der Waals surface area (Å²) >= 11 is 0. The number of carbonyl (C=O) groups is 4. The van der Waals surface area contributed by atoms with E-state index in [1.165, 1.54) is 0 Å². The zero-order valence-corrected chi connectivity index (χ0v) is 15.8. The van der Waals surface area contributed by atoms with E-state index in [9.17, 15) is 19.2 Å². The van der Waals surface area contributed by atoms with Crippen molar-refractivity contribution in [1.82, 2.24) is 19.7 Å². The molecule has 0 aliphatic carbocycles. The van der Waals surface area contributed by atoms with Crippen molar-refractivity contribution in [3.8, 4) is 0 Å². The summed E-state index contributed by atoms with van der Waals surface area (Å²) in [6.07, 6.45) is 3.22. The van der Waals surface area contributed by atoms with E-state index in [-0.39, 0.29) is 36.6 Å². The van der Waals surface area contributed by atoms with Crippen LogP contribution in [0.25, 0.3) is 0 Å². The molecule has 0 saturated carbocycles. The smallest absolute Gasteiger partial charge is 0.261 e. The molecule has 1 fully saturated rings. The summed E-state index contributed by atoms with van der Waals surface area (Å²) in [5, 5.41) is 0. The molecule has 2 aromatic rings. The Kier molecular flexibility index (Phi) is 5.07. The molecule has 2 aliphatic rings. The first kappa shape index (κ1) is 18.8. The Balaban J connectivity index is 1.29. The van der Waals surface area contributed by atoms with Gasteiger partial charge in [-0.2, -0.15) is 0 Å². The molecule has 0 bridgehead atoms. The van der Waals surface area contributed by atoms with Gasteiger partial charge in [0.15, 0.2) is 0 Å². The predicted molar refractivity (Wildman–Crippen MR) is 103 cm³/mol. The fraction of sp³-hybridized carbons (Fsp3) is 0.286. The number of imide groups is 1. The Labute approximate surface area is 167 Å². The van der Waals surface area contributed by atoms with Crippen LogP contribution in [0.4, 0.5) is 0 Å². The maximum Gasteiger partial charge on any atom is 0.261 e. The number of fused-ring (bicyclic) bond motifs is 1. The van der Waals surface area contributed by atoms with Gasteiger partial charge in [0.2, 0.25) is 5.91 Å². The molecule has 4 amide bonds. The van der Waals surface area contributed by atoms with Crippen LogP contribution >= 0.6 is 0 Å². The minimum absolute atomic E-state index is 0.0569. The van der Waals surface area contributed by atoms with Crippen LogP contribution in [0, 0.1) is 0 Å². The Morgan fingerprint density at radius 1 is 0.828 bits per heavy atom. The van der Waals surface area contributed by atoms with Crippen LogP contribution in [-0.4, -0.2) is 76.0 Å². The first-order valence-electron chi connectivity index (χ1n) is 9.48. The molecule has 2 aliphatic heterocycles. The van der Waals surface area contributed by atoms with E-state index < -0.39 is 0 Å². The lowest BCUT2D eigenvalue weighted by molar-refractivity contribution is -0.132. The number of piperazine rings is 1. The Morgan fingerprint density at radius 2 is 1.38 bits per heavy atom. The topological polar surface area (TPSA) is 90.9 Å². The number of benzene rings is 1. The standard InChI is InChI=1S/C21H20N4O4/c26-18(7-10-25-20(28)16-3-1-2-4-17(16)21(25)29)23-11-13-24(14-12-23)19(27)15-5-8-22-9-6-15/h1-6,8-9H,7,10-14H2. The van der Waals surface area contributed by atoms with Gasteiger partial charge >= 0.3 is 0 Å². The predicted octanol–water partition coefficient (Wildman–Crippen LogP) is 1.05. The lowest BCUT2D eigenvalue weighted by Crippen LogP contribution is -2.51. The highest BCUT2D eigenvalue weighted by molar-refractivity contribution is 6.21. The third-order valence-electron chi connectivity index (χ3n) is 5.27. The Bertz CT molecular complexity index is 933. The van der Waals surface area contributed by atoms with Gasteiger partial charge in [-0.1, -0.05) is 12.1 Å². The zero-order chi connectivity index (χ0) is 20.4. The van der Waals surface area contributed by atoms with E-state index in [0.29, 0.717) is 42.9 Å². The van der Waals surface area contributed by atoms with Gasteiger partial charge in [0, 0.05) is 57.1 Å². The first-order chi connectivity index (χ1) is 14.1. The van der Waals surface area contributed by atoms with Gasteiger partial charge in [0.05, 0.1) is 11.1 Å². The molecule has 3 heterocycles. The number of rotatable bonds is 4. The molecule has 0 atom stereocenters. The van der Waals surface area contributed by atoms with E-state index >= 15 is 0 Å². The average Bonchev–Trinajstić information content (AvgIpc) is 3.02. The number of hydrogen-bond acceptors (Lipinski definition) is 5. The number of hydrogen-bond donors (Lipinski definition) is 0. The third-order valence-corrected chi connectivity index (χ3v) is 5.27. The van der Waals surface area contributed by atoms with Crippen molar-refractivity contribution in [1.29, 1.82) is 0 Å². The second kappa shape index (κ2) is 7.83. The van der Waals surface area contributed by atoms with E-state index in [1.54, 1.807) is 58.6 Å². The molecule has 29 heavy (non-hydrogen) atoms. The molecule has 1 aromatic carbocycles. The van der Waals surface area contributed by atoms with Crippen LogP contribution in [-0.2, 0) is 4.79 Å². The number of carbonyl (C=O) groups excluding carboxylic acids is 4. The first-order valence-corrected chi connectivity index (χ1v) is 9.48. The van der Waals surface area contributed by atoms with Crippen LogP contribution in [0.15, 0.2) is 48.8 Å². The summed E-state index contributed by atoms with van der Waals surface area (Å²) in [5.74, 6) is -0.916. The maximum absolute atomic E-state index is 12.6. The third kappa shape index (κ3) is 3.61. The number of pyridine rings is 1. The van der Waals surface area contributed by atoms with Crippen molar-refractivity contribution in [3.63, 3.8) is 0 Å². The quantitative estimate of drug-likeness (QED) is 0.726. The molecule has 0 N–H and O–H groups in total. The molecule has 0 radical (unpaired) electrons. The van der Waals surface area contributed by atoms with E-state index in [0.717, 1.165) is 4.90 Å². The molecule has 8 heteroatoms. The van der Waals surface area contributed by atoms with E-state index in [4.69, 9.17) is 0 Å². The van der Waals surface area contributed by atoms with Gasteiger partial charge < -0.3 is 9.80 Å². The van der Waals surface area contributed by atoms with Crippen molar-refractivity contribution in [2.45, 2.75) is 6.42 Å². The van der Waals surface area contributed by atoms with Crippen molar-refractivity contribution in [2.75, 3.05) is 32.7 Å². The molecule has 4 rings (SSSR count). The summed E-state index contributed by atoms with van der Waals surface area (Å²) in [6.45, 7) is 1.80. The van der Waals surface area contributed by atoms with Gasteiger partial charge in [-0.3, -0.25) is 29.1 Å². The second-order valence-electron chi connectivity index (χ2n) is 6.97. The Morgan fingerprint density at radius 3 is 1.97 bits per heavy atom. The summed E-state index contributed by atoms with van der Waals surface area (Å²) in [4.78, 5) is 58.2. The molecule has 8 nitrogen and oxygen atoms in total. The van der Waals surface area contributed by atoms with Gasteiger partial charge in [0.1, 0.15) is 0 Å². The molecule has 148 valence electrons. The number of amides is 4. The van der Waals surface area contributed by atoms with Crippen LogP contribution in [0.2, 0.25) is 0 Å². The van der Waals surface area contributed by atoms with Crippen molar-refractivity contribution in [2.24, 2.45) is 0 Å². The molecule has 1 saturated heterocycles. The fourth-order valence-corrected chi connectivity index (χ4v) is 3.64. The molecular formula is C21H20N4O4. The maximum atomic E-state index is 12.6. The summed E-state index contributed by atoms with van der Waals surface area (Å²) < 4.78 is 0. The van der Waals surface area contributed by atoms with E-state index in [2.05, 4.69) is 4.98 Å². The second-order valence-corrected chi connectivity index (χ2v) is 6.97. The van der Waals surface area contributed by atoms with Gasteiger partial charge in [-0.25, -0.2) is 0 Å². The SMILES string of the molecule is O=C(CCN1C(=O)c2ccccc2C1=O)N1CCN(C(=O)c2ccncc2)CC1. The van der Waals surface area contributed by atoms with Crippen LogP contribution in [0.1, 0.15) is 37.5 Å². The largest absolute Gasteiger partial charge is 0.339 e. The Hall–Kier alpha value is -3.55. The monoisotopic (exact) mass is 392 g/mol. The highest BCUT2D eigenvalue weighted by atomic mass is 16.2. The molecule has 0 unspecified atom stereocenters. The normalized spacial score (nSPS) is 16.2. The zero-order valence-electron chi connectivity index (χ0n) is 15.8. The summed E-state index contributed by atoms with van der Waals surface area (Å²) in [7, 11) is 0. The highest BCUT2D eigenvalue weighted by Crippen LogP contribution is 2.22. The number of aromatic nitrogens is 1. The minimum Gasteiger partial charge on any atom is -0.339 e. The summed E-state index contributed by atoms with van der Waals surface area (Å²) in [5.41, 5.74) is 1.34. The van der Waals surface area contributed by atoms with Gasteiger partial charge in [-0.15, -0.1) is 0 Å². The average molecular weight is 392 g/mol. The lowest BCUT2D eigenvalue weighted by Gasteiger charge is -2.35. The molecular weight excluding hydrogens is 372 g/mol. The van der Waals surface area contributed by atoms with E-state index in [1.807, 2.05) is 0 Å². The van der Waals surface area contributed by atoms with Gasteiger partial charge in [0.25, 0.3) is 17.7 Å². The van der Waals surface area contributed by atoms with Crippen LogP contribution in [0.3, 0.4) is 0 Å². The lowest BCUT2D eigenvalue weighted by atomic mass is 10.1. The van der Waals surface area contributed by atoms with Crippen LogP contribution in [0.5, 0.6) is 0 Å². The summed E-state index contributed by atoms with van der Waals surface area (Å²) in [6, 6.07) is 10.0. The van der Waals surface area contributed by atoms with Crippen molar-refractivity contribution in [3.05, 3.63) is 65.5 Å².